The number of carbonyl (C=O) groups excluding carboxylic acids is 2. The van der Waals surface area contributed by atoms with Gasteiger partial charge in [-0.3, -0.25) is 9.59 Å². The van der Waals surface area contributed by atoms with E-state index in [1.165, 1.54) is 6.92 Å². The maximum Gasteiger partial charge on any atom is 0.222 e. The van der Waals surface area contributed by atoms with Gasteiger partial charge in [0.1, 0.15) is 0 Å². The zero-order valence-electron chi connectivity index (χ0n) is 16.2. The summed E-state index contributed by atoms with van der Waals surface area (Å²) >= 11 is 0. The molecule has 1 aromatic rings. The van der Waals surface area contributed by atoms with E-state index in [-0.39, 0.29) is 36.4 Å². The van der Waals surface area contributed by atoms with E-state index in [2.05, 4.69) is 12.1 Å². The molecule has 3 atom stereocenters. The molecule has 0 bridgehead atoms. The molecule has 0 radical (unpaired) electrons. The van der Waals surface area contributed by atoms with Gasteiger partial charge in [0.2, 0.25) is 11.8 Å². The first-order valence-electron chi connectivity index (χ1n) is 9.38. The highest BCUT2D eigenvalue weighted by molar-refractivity contribution is 5.77. The summed E-state index contributed by atoms with van der Waals surface area (Å²) in [5.41, 5.74) is 2.22. The summed E-state index contributed by atoms with van der Waals surface area (Å²) in [5.74, 6) is 0.0590. The second kappa shape index (κ2) is 8.99. The highest BCUT2D eigenvalue weighted by atomic mass is 16.3. The van der Waals surface area contributed by atoms with E-state index in [9.17, 15) is 14.7 Å². The van der Waals surface area contributed by atoms with Gasteiger partial charge in [-0.2, -0.15) is 0 Å². The molecule has 5 nitrogen and oxygen atoms in total. The van der Waals surface area contributed by atoms with Crippen molar-refractivity contribution in [2.45, 2.75) is 52.1 Å². The van der Waals surface area contributed by atoms with Gasteiger partial charge in [-0.15, -0.1) is 0 Å². The SMILES string of the molecule is C/C=C/c1ccc([C@@H]2[C@@H](CN(CC)C(=O)CC)N(C(C)=O)[C@H]2CO)cc1. The van der Waals surface area contributed by atoms with E-state index < -0.39 is 0 Å². The summed E-state index contributed by atoms with van der Waals surface area (Å²) in [6.45, 7) is 8.35. The van der Waals surface area contributed by atoms with Crippen LogP contribution in [0.3, 0.4) is 0 Å². The molecule has 2 rings (SSSR count). The molecule has 0 aromatic heterocycles. The van der Waals surface area contributed by atoms with Crippen LogP contribution in [0.5, 0.6) is 0 Å². The van der Waals surface area contributed by atoms with E-state index in [4.69, 9.17) is 0 Å². The van der Waals surface area contributed by atoms with Crippen LogP contribution < -0.4 is 0 Å². The van der Waals surface area contributed by atoms with Gasteiger partial charge < -0.3 is 14.9 Å². The minimum absolute atomic E-state index is 0.0299. The van der Waals surface area contributed by atoms with Crippen molar-refractivity contribution in [2.24, 2.45) is 0 Å². The Morgan fingerprint density at radius 3 is 2.31 bits per heavy atom. The van der Waals surface area contributed by atoms with E-state index in [1.54, 1.807) is 9.80 Å². The molecule has 1 aliphatic heterocycles. The normalized spacial score (nSPS) is 22.3. The fourth-order valence-corrected chi connectivity index (χ4v) is 3.94. The standard InChI is InChI=1S/C21H30N2O3/c1-5-8-16-9-11-17(12-10-16)21-18(13-22(7-3)20(26)6-2)23(15(4)25)19(21)14-24/h5,8-12,18-19,21,24H,6-7,13-14H2,1-4H3/b8-5+/t18-,19+,21-/m1/s1. The number of aliphatic hydroxyl groups excluding tert-OH is 1. The highest BCUT2D eigenvalue weighted by Crippen LogP contribution is 2.41. The fraction of sp³-hybridized carbons (Fsp3) is 0.524. The average Bonchev–Trinajstić information content (AvgIpc) is 2.62. The fourth-order valence-electron chi connectivity index (χ4n) is 3.94. The second-order valence-corrected chi connectivity index (χ2v) is 6.72. The molecular weight excluding hydrogens is 328 g/mol. The molecule has 1 saturated heterocycles. The van der Waals surface area contributed by atoms with Gasteiger partial charge in [-0.05, 0) is 25.0 Å². The van der Waals surface area contributed by atoms with Crippen molar-refractivity contribution in [1.29, 1.82) is 0 Å². The first kappa shape index (κ1) is 20.2. The first-order chi connectivity index (χ1) is 12.5. The molecule has 1 aliphatic rings. The Bertz CT molecular complexity index is 654. The van der Waals surface area contributed by atoms with Gasteiger partial charge >= 0.3 is 0 Å². The minimum Gasteiger partial charge on any atom is -0.394 e. The Morgan fingerprint density at radius 2 is 1.85 bits per heavy atom. The summed E-state index contributed by atoms with van der Waals surface area (Å²) in [7, 11) is 0. The summed E-state index contributed by atoms with van der Waals surface area (Å²) in [4.78, 5) is 27.8. The van der Waals surface area contributed by atoms with Crippen LogP contribution in [0.1, 0.15) is 51.2 Å². The molecule has 26 heavy (non-hydrogen) atoms. The van der Waals surface area contributed by atoms with Crippen LogP contribution in [-0.2, 0) is 9.59 Å². The monoisotopic (exact) mass is 358 g/mol. The van der Waals surface area contributed by atoms with Crippen molar-refractivity contribution in [3.05, 3.63) is 41.5 Å². The minimum atomic E-state index is -0.236. The molecular formula is C21H30N2O3. The lowest BCUT2D eigenvalue weighted by molar-refractivity contribution is -0.152. The summed E-state index contributed by atoms with van der Waals surface area (Å²) < 4.78 is 0. The quantitative estimate of drug-likeness (QED) is 0.815. The molecule has 0 saturated carbocycles. The van der Waals surface area contributed by atoms with Crippen molar-refractivity contribution in [1.82, 2.24) is 9.80 Å². The van der Waals surface area contributed by atoms with Crippen molar-refractivity contribution in [3.63, 3.8) is 0 Å². The van der Waals surface area contributed by atoms with Crippen molar-refractivity contribution in [3.8, 4) is 0 Å². The lowest BCUT2D eigenvalue weighted by Gasteiger charge is -2.55. The molecule has 5 heteroatoms. The molecule has 142 valence electrons. The van der Waals surface area contributed by atoms with Gasteiger partial charge in [-0.25, -0.2) is 0 Å². The maximum absolute atomic E-state index is 12.2. The third kappa shape index (κ3) is 3.98. The van der Waals surface area contributed by atoms with Crippen molar-refractivity contribution >= 4 is 17.9 Å². The van der Waals surface area contributed by atoms with Crippen molar-refractivity contribution in [2.75, 3.05) is 19.7 Å². The zero-order chi connectivity index (χ0) is 19.3. The summed E-state index contributed by atoms with van der Waals surface area (Å²) in [6, 6.07) is 7.88. The lowest BCUT2D eigenvalue weighted by Crippen LogP contribution is -2.68. The number of hydrogen-bond donors (Lipinski definition) is 1. The lowest BCUT2D eigenvalue weighted by atomic mass is 9.74. The first-order valence-corrected chi connectivity index (χ1v) is 9.38. The van der Waals surface area contributed by atoms with Crippen LogP contribution in [0.4, 0.5) is 0 Å². The number of likely N-dealkylation sites (tertiary alicyclic amines) is 1. The number of rotatable bonds is 7. The Hall–Kier alpha value is -2.14. The molecule has 1 fully saturated rings. The van der Waals surface area contributed by atoms with Gasteiger partial charge in [0, 0.05) is 32.4 Å². The molecule has 0 unspecified atom stereocenters. The molecule has 1 N–H and O–H groups in total. The van der Waals surface area contributed by atoms with Crippen LogP contribution in [0.2, 0.25) is 0 Å². The molecule has 0 aliphatic carbocycles. The maximum atomic E-state index is 12.2. The second-order valence-electron chi connectivity index (χ2n) is 6.72. The van der Waals surface area contributed by atoms with Crippen molar-refractivity contribution < 1.29 is 14.7 Å². The third-order valence-electron chi connectivity index (χ3n) is 5.22. The van der Waals surface area contributed by atoms with Crippen LogP contribution in [-0.4, -0.2) is 58.5 Å². The third-order valence-corrected chi connectivity index (χ3v) is 5.22. The van der Waals surface area contributed by atoms with E-state index >= 15 is 0 Å². The van der Waals surface area contributed by atoms with Gasteiger partial charge in [0.15, 0.2) is 0 Å². The summed E-state index contributed by atoms with van der Waals surface area (Å²) in [6.07, 6.45) is 4.48. The smallest absolute Gasteiger partial charge is 0.222 e. The molecule has 0 spiro atoms. The topological polar surface area (TPSA) is 60.9 Å². The van der Waals surface area contributed by atoms with Gasteiger partial charge in [0.25, 0.3) is 0 Å². The molecule has 2 amide bonds. The van der Waals surface area contributed by atoms with Crippen LogP contribution in [0, 0.1) is 0 Å². The number of amides is 2. The number of allylic oxidation sites excluding steroid dienone is 1. The van der Waals surface area contributed by atoms with E-state index in [0.29, 0.717) is 19.5 Å². The largest absolute Gasteiger partial charge is 0.394 e. The van der Waals surface area contributed by atoms with E-state index in [1.807, 2.05) is 45.1 Å². The number of benzene rings is 1. The van der Waals surface area contributed by atoms with Crippen LogP contribution >= 0.6 is 0 Å². The summed E-state index contributed by atoms with van der Waals surface area (Å²) in [5, 5.41) is 9.85. The zero-order valence-corrected chi connectivity index (χ0v) is 16.2. The average molecular weight is 358 g/mol. The van der Waals surface area contributed by atoms with Crippen LogP contribution in [0.25, 0.3) is 6.08 Å². The van der Waals surface area contributed by atoms with Gasteiger partial charge in [-0.1, -0.05) is 43.3 Å². The number of nitrogens with zero attached hydrogens (tertiary/aromatic N) is 2. The number of hydrogen-bond acceptors (Lipinski definition) is 3. The van der Waals surface area contributed by atoms with E-state index in [0.717, 1.165) is 11.1 Å². The number of carbonyl (C=O) groups is 2. The molecule has 1 aromatic carbocycles. The Morgan fingerprint density at radius 1 is 1.19 bits per heavy atom. The molecule has 1 heterocycles. The van der Waals surface area contributed by atoms with Gasteiger partial charge in [0.05, 0.1) is 18.7 Å². The van der Waals surface area contributed by atoms with Crippen LogP contribution in [0.15, 0.2) is 30.3 Å². The Labute approximate surface area is 156 Å². The Kier molecular flexibility index (Phi) is 6.98. The number of aliphatic hydroxyl groups is 1. The Balaban J connectivity index is 2.30. The number of likely N-dealkylation sites (N-methyl/N-ethyl adjacent to an activating group) is 1. The highest BCUT2D eigenvalue weighted by Gasteiger charge is 2.50. The predicted octanol–water partition coefficient (Wildman–Crippen LogP) is 2.65. The predicted molar refractivity (Wildman–Crippen MR) is 104 cm³/mol.